The monoisotopic (exact) mass is 371 g/mol. The minimum Gasteiger partial charge on any atom is -0.489 e. The van der Waals surface area contributed by atoms with Crippen LogP contribution >= 0.6 is 11.6 Å². The van der Waals surface area contributed by atoms with Gasteiger partial charge in [-0.05, 0) is 20.8 Å². The minimum atomic E-state index is -0.917. The Morgan fingerprint density at radius 3 is 2.84 bits per heavy atom. The number of fused-ring (bicyclic) bond motifs is 2. The van der Waals surface area contributed by atoms with Crippen molar-refractivity contribution in [1.29, 1.82) is 0 Å². The Labute approximate surface area is 149 Å². The zero-order valence-electron chi connectivity index (χ0n) is 14.2. The third-order valence-electron chi connectivity index (χ3n) is 3.97. The normalized spacial score (nSPS) is 20.4. The van der Waals surface area contributed by atoms with Crippen molar-refractivity contribution < 1.29 is 23.5 Å². The highest BCUT2D eigenvalue weighted by Gasteiger charge is 2.40. The molecule has 0 radical (unpaired) electrons. The number of carbonyl (C=O) groups is 2. The average Bonchev–Trinajstić information content (AvgIpc) is 2.67. The summed E-state index contributed by atoms with van der Waals surface area (Å²) in [4.78, 5) is 31.5. The Hall–Kier alpha value is -2.09. The molecular formula is C16H19ClFN3O4. The van der Waals surface area contributed by atoms with Crippen LogP contribution in [-0.4, -0.2) is 64.7 Å². The summed E-state index contributed by atoms with van der Waals surface area (Å²) < 4.78 is 25.0. The first-order valence-corrected chi connectivity index (χ1v) is 8.31. The Morgan fingerprint density at radius 1 is 1.44 bits per heavy atom. The number of rotatable bonds is 0. The van der Waals surface area contributed by atoms with Crippen LogP contribution in [0.1, 0.15) is 31.1 Å². The average molecular weight is 372 g/mol. The fourth-order valence-corrected chi connectivity index (χ4v) is 3.05. The van der Waals surface area contributed by atoms with E-state index in [1.54, 1.807) is 20.8 Å². The lowest BCUT2D eigenvalue weighted by molar-refractivity contribution is 0.000892. The van der Waals surface area contributed by atoms with E-state index >= 15 is 0 Å². The molecule has 9 heteroatoms. The maximum Gasteiger partial charge on any atom is 0.410 e. The summed E-state index contributed by atoms with van der Waals surface area (Å²) in [6.07, 6.45) is 0.660. The number of hydrogen-bond donors (Lipinski definition) is 0. The molecule has 25 heavy (non-hydrogen) atoms. The third kappa shape index (κ3) is 3.49. The molecule has 0 N–H and O–H groups in total. The number of nitrogens with zero attached hydrogens (tertiary/aromatic N) is 3. The molecular weight excluding hydrogens is 353 g/mol. The first-order chi connectivity index (χ1) is 11.7. The second-order valence-corrected chi connectivity index (χ2v) is 7.40. The Balaban J connectivity index is 1.81. The van der Waals surface area contributed by atoms with E-state index in [4.69, 9.17) is 21.1 Å². The quantitative estimate of drug-likeness (QED) is 0.654. The molecule has 2 aliphatic heterocycles. The Bertz CT molecular complexity index is 722. The smallest absolute Gasteiger partial charge is 0.410 e. The second-order valence-electron chi connectivity index (χ2n) is 6.99. The highest BCUT2D eigenvalue weighted by Crippen LogP contribution is 2.34. The molecule has 0 saturated carbocycles. The van der Waals surface area contributed by atoms with Gasteiger partial charge in [0.25, 0.3) is 5.91 Å². The largest absolute Gasteiger partial charge is 0.489 e. The van der Waals surface area contributed by atoms with Crippen LogP contribution in [0.5, 0.6) is 5.75 Å². The van der Waals surface area contributed by atoms with Crippen molar-refractivity contribution in [3.05, 3.63) is 22.7 Å². The molecule has 2 amide bonds. The van der Waals surface area contributed by atoms with Gasteiger partial charge in [-0.15, -0.1) is 0 Å². The van der Waals surface area contributed by atoms with Gasteiger partial charge in [0, 0.05) is 19.6 Å². The van der Waals surface area contributed by atoms with E-state index < -0.39 is 29.6 Å². The van der Waals surface area contributed by atoms with Gasteiger partial charge in [-0.25, -0.2) is 9.78 Å². The first kappa shape index (κ1) is 17.7. The topological polar surface area (TPSA) is 72.0 Å². The highest BCUT2D eigenvalue weighted by atomic mass is 35.5. The molecule has 1 unspecified atom stereocenters. The lowest BCUT2D eigenvalue weighted by Gasteiger charge is -2.40. The number of carbonyl (C=O) groups excluding carboxylic acids is 2. The molecule has 1 saturated heterocycles. The molecule has 3 rings (SSSR count). The van der Waals surface area contributed by atoms with Crippen molar-refractivity contribution in [1.82, 2.24) is 14.8 Å². The summed E-state index contributed by atoms with van der Waals surface area (Å²) in [5, 5.41) is 0.0774. The fourth-order valence-electron chi connectivity index (χ4n) is 2.86. The van der Waals surface area contributed by atoms with Gasteiger partial charge < -0.3 is 19.3 Å². The molecule has 1 aromatic heterocycles. The standard InChI is InChI=1S/C16H19ClFN3O4/c1-16(2,3)25-15(23)20-4-5-21-9(7-20)8-24-12-10(17)6-19-13(18)11(12)14(21)22/h6,9H,4-5,7-8H2,1-3H3. The lowest BCUT2D eigenvalue weighted by Crippen LogP contribution is -2.58. The Morgan fingerprint density at radius 2 is 2.16 bits per heavy atom. The molecule has 1 aromatic rings. The van der Waals surface area contributed by atoms with Crippen molar-refractivity contribution in [2.24, 2.45) is 0 Å². The molecule has 0 aliphatic carbocycles. The zero-order valence-corrected chi connectivity index (χ0v) is 15.0. The first-order valence-electron chi connectivity index (χ1n) is 7.93. The van der Waals surface area contributed by atoms with E-state index in [1.165, 1.54) is 9.80 Å². The summed E-state index contributed by atoms with van der Waals surface area (Å²) >= 11 is 5.99. The molecule has 1 fully saturated rings. The van der Waals surface area contributed by atoms with E-state index in [0.717, 1.165) is 6.20 Å². The molecule has 2 aliphatic rings. The van der Waals surface area contributed by atoms with Crippen molar-refractivity contribution in [3.63, 3.8) is 0 Å². The van der Waals surface area contributed by atoms with Crippen LogP contribution in [-0.2, 0) is 4.74 Å². The number of halogens is 2. The number of aromatic nitrogens is 1. The minimum absolute atomic E-state index is 0.00242. The van der Waals surface area contributed by atoms with Crippen molar-refractivity contribution >= 4 is 23.6 Å². The van der Waals surface area contributed by atoms with Gasteiger partial charge in [-0.3, -0.25) is 4.79 Å². The number of piperazine rings is 1. The molecule has 0 aromatic carbocycles. The van der Waals surface area contributed by atoms with Crippen LogP contribution in [0.3, 0.4) is 0 Å². The highest BCUT2D eigenvalue weighted by molar-refractivity contribution is 6.32. The van der Waals surface area contributed by atoms with E-state index in [0.29, 0.717) is 6.54 Å². The molecule has 0 bridgehead atoms. The third-order valence-corrected chi connectivity index (χ3v) is 4.24. The molecule has 3 heterocycles. The molecule has 1 atom stereocenters. The van der Waals surface area contributed by atoms with Crippen LogP contribution in [0.25, 0.3) is 0 Å². The summed E-state index contributed by atoms with van der Waals surface area (Å²) in [7, 11) is 0. The van der Waals surface area contributed by atoms with Gasteiger partial charge in [0.15, 0.2) is 5.75 Å². The fraction of sp³-hybridized carbons (Fsp3) is 0.562. The van der Waals surface area contributed by atoms with Crippen molar-refractivity contribution in [3.8, 4) is 5.75 Å². The SMILES string of the molecule is CC(C)(C)OC(=O)N1CCN2C(=O)c3c(F)ncc(Cl)c3OCC2C1. The van der Waals surface area contributed by atoms with Gasteiger partial charge in [-0.2, -0.15) is 4.39 Å². The predicted octanol–water partition coefficient (Wildman–Crippen LogP) is 2.33. The second kappa shape index (κ2) is 6.33. The number of hydrogen-bond acceptors (Lipinski definition) is 5. The van der Waals surface area contributed by atoms with Gasteiger partial charge in [-0.1, -0.05) is 11.6 Å². The van der Waals surface area contributed by atoms with Gasteiger partial charge in [0.1, 0.15) is 22.8 Å². The maximum atomic E-state index is 14.0. The Kier molecular flexibility index (Phi) is 4.49. The predicted molar refractivity (Wildman–Crippen MR) is 87.3 cm³/mol. The summed E-state index contributed by atoms with van der Waals surface area (Å²) in [6.45, 7) is 6.23. The van der Waals surface area contributed by atoms with E-state index in [1.807, 2.05) is 0 Å². The van der Waals surface area contributed by atoms with Crippen LogP contribution < -0.4 is 4.74 Å². The van der Waals surface area contributed by atoms with Crippen molar-refractivity contribution in [2.45, 2.75) is 32.4 Å². The van der Waals surface area contributed by atoms with E-state index in [2.05, 4.69) is 4.98 Å². The van der Waals surface area contributed by atoms with E-state index in [-0.39, 0.29) is 36.0 Å². The van der Waals surface area contributed by atoms with Crippen LogP contribution in [0.2, 0.25) is 5.02 Å². The van der Waals surface area contributed by atoms with Gasteiger partial charge in [0.2, 0.25) is 5.95 Å². The van der Waals surface area contributed by atoms with E-state index in [9.17, 15) is 14.0 Å². The van der Waals surface area contributed by atoms with Crippen LogP contribution in [0.4, 0.5) is 9.18 Å². The molecule has 0 spiro atoms. The van der Waals surface area contributed by atoms with Gasteiger partial charge >= 0.3 is 6.09 Å². The summed E-state index contributed by atoms with van der Waals surface area (Å²) in [5.41, 5.74) is -0.872. The lowest BCUT2D eigenvalue weighted by atomic mass is 10.1. The molecule has 7 nitrogen and oxygen atoms in total. The van der Waals surface area contributed by atoms with Crippen molar-refractivity contribution in [2.75, 3.05) is 26.2 Å². The zero-order chi connectivity index (χ0) is 18.4. The number of amides is 2. The number of pyridine rings is 1. The van der Waals surface area contributed by atoms with Crippen LogP contribution in [0.15, 0.2) is 6.20 Å². The molecule has 136 valence electrons. The van der Waals surface area contributed by atoms with Gasteiger partial charge in [0.05, 0.1) is 12.2 Å². The summed E-state index contributed by atoms with van der Waals surface area (Å²) in [6, 6.07) is -0.420. The number of ether oxygens (including phenoxy) is 2. The van der Waals surface area contributed by atoms with Crippen LogP contribution in [0, 0.1) is 5.95 Å². The summed E-state index contributed by atoms with van der Waals surface area (Å²) in [5.74, 6) is -1.45. The maximum absolute atomic E-state index is 14.0.